The van der Waals surface area contributed by atoms with Crippen LogP contribution in [0, 0.1) is 0 Å². The summed E-state index contributed by atoms with van der Waals surface area (Å²) in [5.74, 6) is -0.543. The van der Waals surface area contributed by atoms with E-state index in [1.54, 1.807) is 16.9 Å². The summed E-state index contributed by atoms with van der Waals surface area (Å²) in [6.07, 6.45) is 6.41. The van der Waals surface area contributed by atoms with Gasteiger partial charge in [0.25, 0.3) is 5.91 Å². The van der Waals surface area contributed by atoms with Crippen LogP contribution in [0.5, 0.6) is 0 Å². The lowest BCUT2D eigenvalue weighted by atomic mass is 9.87. The van der Waals surface area contributed by atoms with Crippen LogP contribution in [0.1, 0.15) is 40.7 Å². The molecule has 2 fully saturated rings. The standard InChI is InChI=1S/C27H30N6O3/c28-24(34)23-7-2-1-5-21(23)6-3-15-31-17-12-27(13-18-31)25(35)32(26(36)30-27)19-20-8-10-22(11-9-20)33-16-4-14-29-33/h1-2,4-5,7-11,14,16H,3,6,12-13,15,17-19H2,(H2,28,34)(H,30,36). The maximum atomic E-state index is 13.3. The Balaban J connectivity index is 1.14. The van der Waals surface area contributed by atoms with Crippen molar-refractivity contribution in [3.63, 3.8) is 0 Å². The lowest BCUT2D eigenvalue weighted by Gasteiger charge is -2.37. The normalized spacial score (nSPS) is 17.5. The Labute approximate surface area is 209 Å². The number of urea groups is 1. The van der Waals surface area contributed by atoms with Crippen LogP contribution in [0.15, 0.2) is 67.0 Å². The highest BCUT2D eigenvalue weighted by atomic mass is 16.2. The van der Waals surface area contributed by atoms with Crippen molar-refractivity contribution in [3.05, 3.63) is 83.7 Å². The number of amides is 4. The third-order valence-electron chi connectivity index (χ3n) is 7.20. The fourth-order valence-corrected chi connectivity index (χ4v) is 5.15. The van der Waals surface area contributed by atoms with Gasteiger partial charge in [0.15, 0.2) is 0 Å². The average molecular weight is 487 g/mol. The Morgan fingerprint density at radius 1 is 1.03 bits per heavy atom. The number of piperidine rings is 1. The van der Waals surface area contributed by atoms with Gasteiger partial charge in [0.1, 0.15) is 5.54 Å². The van der Waals surface area contributed by atoms with Crippen LogP contribution in [0.4, 0.5) is 4.79 Å². The Kier molecular flexibility index (Phi) is 6.56. The molecule has 36 heavy (non-hydrogen) atoms. The van der Waals surface area contributed by atoms with Crippen molar-refractivity contribution >= 4 is 17.8 Å². The van der Waals surface area contributed by atoms with Crippen LogP contribution in [0.2, 0.25) is 0 Å². The quantitative estimate of drug-likeness (QED) is 0.475. The number of likely N-dealkylation sites (tertiary alicyclic amines) is 1. The predicted molar refractivity (Wildman–Crippen MR) is 134 cm³/mol. The first-order valence-corrected chi connectivity index (χ1v) is 12.3. The highest BCUT2D eigenvalue weighted by molar-refractivity contribution is 6.07. The van der Waals surface area contributed by atoms with E-state index < -0.39 is 11.4 Å². The number of nitrogens with two attached hydrogens (primary N) is 1. The van der Waals surface area contributed by atoms with Gasteiger partial charge in [-0.15, -0.1) is 0 Å². The molecule has 4 amide bonds. The highest BCUT2D eigenvalue weighted by Gasteiger charge is 2.52. The third kappa shape index (κ3) is 4.74. The number of aromatic nitrogens is 2. The second-order valence-electron chi connectivity index (χ2n) is 9.49. The Morgan fingerprint density at radius 3 is 2.47 bits per heavy atom. The van der Waals surface area contributed by atoms with Crippen molar-refractivity contribution < 1.29 is 14.4 Å². The van der Waals surface area contributed by atoms with Crippen molar-refractivity contribution in [2.75, 3.05) is 19.6 Å². The number of nitrogens with zero attached hydrogens (tertiary/aromatic N) is 4. The first kappa shape index (κ1) is 23.7. The number of primary amides is 1. The third-order valence-corrected chi connectivity index (χ3v) is 7.20. The van der Waals surface area contributed by atoms with E-state index in [-0.39, 0.29) is 18.5 Å². The first-order valence-electron chi connectivity index (χ1n) is 12.3. The number of nitrogens with one attached hydrogen (secondary N) is 1. The molecule has 1 aromatic heterocycles. The number of hydrogen-bond acceptors (Lipinski definition) is 5. The fraction of sp³-hybridized carbons (Fsp3) is 0.333. The molecule has 2 aromatic carbocycles. The van der Waals surface area contributed by atoms with Crippen LogP contribution < -0.4 is 11.1 Å². The summed E-state index contributed by atoms with van der Waals surface area (Å²) in [5.41, 5.74) is 8.01. The van der Waals surface area contributed by atoms with Crippen molar-refractivity contribution in [1.29, 1.82) is 0 Å². The maximum absolute atomic E-state index is 13.3. The molecule has 5 rings (SSSR count). The molecule has 3 aromatic rings. The van der Waals surface area contributed by atoms with E-state index in [0.29, 0.717) is 18.4 Å². The number of carbonyl (C=O) groups excluding carboxylic acids is 3. The molecule has 0 saturated carbocycles. The minimum atomic E-state index is -0.818. The van der Waals surface area contributed by atoms with E-state index in [2.05, 4.69) is 15.3 Å². The summed E-state index contributed by atoms with van der Waals surface area (Å²) in [6, 6.07) is 16.7. The van der Waals surface area contributed by atoms with Crippen LogP contribution >= 0.6 is 0 Å². The Hall–Kier alpha value is -3.98. The number of benzene rings is 2. The number of imide groups is 1. The van der Waals surface area contributed by atoms with Gasteiger partial charge in [0.05, 0.1) is 12.2 Å². The van der Waals surface area contributed by atoms with Gasteiger partial charge in [-0.1, -0.05) is 30.3 Å². The Bertz CT molecular complexity index is 1250. The molecule has 2 aliphatic rings. The SMILES string of the molecule is NC(=O)c1ccccc1CCCN1CCC2(CC1)NC(=O)N(Cc1ccc(-n3cccn3)cc1)C2=O. The second kappa shape index (κ2) is 9.94. The number of carbonyl (C=O) groups is 3. The van der Waals surface area contributed by atoms with Crippen molar-refractivity contribution in [2.45, 2.75) is 37.8 Å². The van der Waals surface area contributed by atoms with Crippen LogP contribution in [-0.4, -0.2) is 62.6 Å². The monoisotopic (exact) mass is 486 g/mol. The molecule has 186 valence electrons. The Morgan fingerprint density at radius 2 is 1.78 bits per heavy atom. The first-order chi connectivity index (χ1) is 17.4. The van der Waals surface area contributed by atoms with E-state index in [1.807, 2.05) is 54.7 Å². The molecule has 0 unspecified atom stereocenters. The van der Waals surface area contributed by atoms with E-state index in [9.17, 15) is 14.4 Å². The van der Waals surface area contributed by atoms with E-state index in [1.165, 1.54) is 4.90 Å². The summed E-state index contributed by atoms with van der Waals surface area (Å²) in [7, 11) is 0. The van der Waals surface area contributed by atoms with E-state index >= 15 is 0 Å². The van der Waals surface area contributed by atoms with Gasteiger partial charge >= 0.3 is 6.03 Å². The molecule has 9 heteroatoms. The van der Waals surface area contributed by atoms with Gasteiger partial charge in [-0.3, -0.25) is 14.5 Å². The highest BCUT2D eigenvalue weighted by Crippen LogP contribution is 2.30. The molecule has 2 aliphatic heterocycles. The maximum Gasteiger partial charge on any atom is 0.325 e. The van der Waals surface area contributed by atoms with Crippen LogP contribution in [0.3, 0.4) is 0 Å². The summed E-state index contributed by atoms with van der Waals surface area (Å²) < 4.78 is 1.76. The smallest absolute Gasteiger partial charge is 0.325 e. The van der Waals surface area contributed by atoms with Gasteiger partial charge < -0.3 is 16.0 Å². The lowest BCUT2D eigenvalue weighted by molar-refractivity contribution is -0.133. The van der Waals surface area contributed by atoms with Crippen molar-refractivity contribution in [1.82, 2.24) is 24.9 Å². The predicted octanol–water partition coefficient (Wildman–Crippen LogP) is 2.49. The summed E-state index contributed by atoms with van der Waals surface area (Å²) in [4.78, 5) is 41.3. The molecule has 0 bridgehead atoms. The fourth-order valence-electron chi connectivity index (χ4n) is 5.15. The molecule has 3 heterocycles. The van der Waals surface area contributed by atoms with E-state index in [4.69, 9.17) is 5.73 Å². The van der Waals surface area contributed by atoms with Crippen molar-refractivity contribution in [2.24, 2.45) is 5.73 Å². The number of rotatable bonds is 8. The molecule has 1 spiro atoms. The van der Waals surface area contributed by atoms with Gasteiger partial charge in [-0.25, -0.2) is 9.48 Å². The minimum absolute atomic E-state index is 0.140. The molecule has 0 radical (unpaired) electrons. The molecule has 3 N–H and O–H groups in total. The zero-order valence-corrected chi connectivity index (χ0v) is 20.1. The summed E-state index contributed by atoms with van der Waals surface area (Å²) in [5, 5.41) is 7.21. The molecule has 0 atom stereocenters. The number of aryl methyl sites for hydroxylation is 1. The molecular formula is C27H30N6O3. The van der Waals surface area contributed by atoms with Gasteiger partial charge in [0.2, 0.25) is 5.91 Å². The average Bonchev–Trinajstić information content (AvgIpc) is 3.50. The zero-order chi connectivity index (χ0) is 25.1. The van der Waals surface area contributed by atoms with Gasteiger partial charge in [-0.05, 0) is 67.6 Å². The van der Waals surface area contributed by atoms with Gasteiger partial charge in [-0.2, -0.15) is 5.10 Å². The molecule has 2 saturated heterocycles. The largest absolute Gasteiger partial charge is 0.366 e. The second-order valence-corrected chi connectivity index (χ2v) is 9.49. The molecule has 0 aliphatic carbocycles. The topological polar surface area (TPSA) is 114 Å². The molecular weight excluding hydrogens is 456 g/mol. The van der Waals surface area contributed by atoms with E-state index in [0.717, 1.165) is 49.3 Å². The number of hydrogen-bond donors (Lipinski definition) is 2. The van der Waals surface area contributed by atoms with Crippen LogP contribution in [-0.2, 0) is 17.8 Å². The molecule has 9 nitrogen and oxygen atoms in total. The van der Waals surface area contributed by atoms with Crippen LogP contribution in [0.25, 0.3) is 5.69 Å². The summed E-state index contributed by atoms with van der Waals surface area (Å²) in [6.45, 7) is 2.57. The van der Waals surface area contributed by atoms with Gasteiger partial charge in [0, 0.05) is 31.0 Å². The van der Waals surface area contributed by atoms with Crippen molar-refractivity contribution in [3.8, 4) is 5.69 Å². The zero-order valence-electron chi connectivity index (χ0n) is 20.1. The minimum Gasteiger partial charge on any atom is -0.366 e. The lowest BCUT2D eigenvalue weighted by Crippen LogP contribution is -2.55. The summed E-state index contributed by atoms with van der Waals surface area (Å²) >= 11 is 0.